The van der Waals surface area contributed by atoms with E-state index in [0.29, 0.717) is 17.5 Å². The van der Waals surface area contributed by atoms with Crippen molar-refractivity contribution in [3.8, 4) is 0 Å². The Balaban J connectivity index is 1.43. The summed E-state index contributed by atoms with van der Waals surface area (Å²) in [5.74, 6) is -1.47. The summed E-state index contributed by atoms with van der Waals surface area (Å²) in [4.78, 5) is 63.2. The lowest BCUT2D eigenvalue weighted by Gasteiger charge is -2.29. The summed E-state index contributed by atoms with van der Waals surface area (Å²) in [6, 6.07) is 12.4. The molecule has 2 aromatic carbocycles. The van der Waals surface area contributed by atoms with Gasteiger partial charge in [-0.3, -0.25) is 24.5 Å². The molecular formula is C26H28N4O6. The largest absolute Gasteiger partial charge is 0.447 e. The van der Waals surface area contributed by atoms with Crippen molar-refractivity contribution in [1.82, 2.24) is 20.9 Å². The van der Waals surface area contributed by atoms with Crippen LogP contribution in [0.1, 0.15) is 59.8 Å². The number of amides is 5. The lowest BCUT2D eigenvalue weighted by Crippen LogP contribution is -2.52. The number of hydrogen-bond acceptors (Lipinski definition) is 6. The fourth-order valence-corrected chi connectivity index (χ4v) is 4.34. The molecule has 2 aliphatic heterocycles. The number of hydrogen-bond donors (Lipinski definition) is 3. The lowest BCUT2D eigenvalue weighted by atomic mass is 10.0. The molecule has 5 amide bonds. The van der Waals surface area contributed by atoms with Crippen LogP contribution in [0.25, 0.3) is 0 Å². The number of rotatable bonds is 7. The molecule has 0 saturated carbocycles. The lowest BCUT2D eigenvalue weighted by molar-refractivity contribution is -0.137. The van der Waals surface area contributed by atoms with E-state index in [-0.39, 0.29) is 37.4 Å². The number of nitrogens with zero attached hydrogens (tertiary/aromatic N) is 1. The van der Waals surface area contributed by atoms with Crippen LogP contribution in [0.15, 0.2) is 48.5 Å². The summed E-state index contributed by atoms with van der Waals surface area (Å²) in [7, 11) is 0. The molecule has 10 heteroatoms. The molecule has 1 saturated heterocycles. The zero-order valence-electron chi connectivity index (χ0n) is 20.1. The Morgan fingerprint density at radius 2 is 1.86 bits per heavy atom. The first-order valence-electron chi connectivity index (χ1n) is 11.8. The molecular weight excluding hydrogens is 464 g/mol. The van der Waals surface area contributed by atoms with Crippen LogP contribution in [0.5, 0.6) is 0 Å². The smallest absolute Gasteiger partial charge is 0.408 e. The minimum Gasteiger partial charge on any atom is -0.447 e. The SMILES string of the molecule is CC(C)OC(=O)N[C@H](C(=O)NCc1ccc2c(c1)CN(C1CCC(=O)NC1=O)C2=O)c1ccccc1. The Labute approximate surface area is 208 Å². The highest BCUT2D eigenvalue weighted by Gasteiger charge is 2.39. The maximum atomic E-state index is 13.0. The fourth-order valence-electron chi connectivity index (χ4n) is 4.34. The quantitative estimate of drug-likeness (QED) is 0.506. The molecule has 2 aromatic rings. The Hall–Kier alpha value is -4.21. The van der Waals surface area contributed by atoms with E-state index in [4.69, 9.17) is 4.74 Å². The maximum Gasteiger partial charge on any atom is 0.408 e. The predicted octanol–water partition coefficient (Wildman–Crippen LogP) is 1.94. The molecule has 10 nitrogen and oxygen atoms in total. The molecule has 188 valence electrons. The van der Waals surface area contributed by atoms with Gasteiger partial charge in [-0.2, -0.15) is 0 Å². The van der Waals surface area contributed by atoms with Crippen LogP contribution in [0.2, 0.25) is 0 Å². The zero-order valence-corrected chi connectivity index (χ0v) is 20.1. The number of ether oxygens (including phenoxy) is 1. The van der Waals surface area contributed by atoms with E-state index < -0.39 is 30.0 Å². The summed E-state index contributed by atoms with van der Waals surface area (Å²) in [5, 5.41) is 7.73. The van der Waals surface area contributed by atoms with Crippen molar-refractivity contribution in [2.24, 2.45) is 0 Å². The van der Waals surface area contributed by atoms with Crippen molar-refractivity contribution in [3.05, 3.63) is 70.8 Å². The van der Waals surface area contributed by atoms with Gasteiger partial charge in [0.15, 0.2) is 0 Å². The first-order chi connectivity index (χ1) is 17.2. The van der Waals surface area contributed by atoms with Crippen LogP contribution in [0, 0.1) is 0 Å². The van der Waals surface area contributed by atoms with E-state index >= 15 is 0 Å². The molecule has 2 aliphatic rings. The third-order valence-corrected chi connectivity index (χ3v) is 6.05. The Bertz CT molecular complexity index is 1200. The van der Waals surface area contributed by atoms with Crippen molar-refractivity contribution < 1.29 is 28.7 Å². The first-order valence-corrected chi connectivity index (χ1v) is 11.8. The van der Waals surface area contributed by atoms with Crippen LogP contribution < -0.4 is 16.0 Å². The van der Waals surface area contributed by atoms with Crippen LogP contribution in [-0.2, 0) is 32.2 Å². The highest BCUT2D eigenvalue weighted by molar-refractivity contribution is 6.05. The highest BCUT2D eigenvalue weighted by Crippen LogP contribution is 2.28. The van der Waals surface area contributed by atoms with E-state index in [1.54, 1.807) is 50.2 Å². The Kier molecular flexibility index (Phi) is 7.33. The van der Waals surface area contributed by atoms with E-state index in [1.165, 1.54) is 4.90 Å². The molecule has 1 unspecified atom stereocenters. The molecule has 0 aromatic heterocycles. The molecule has 3 N–H and O–H groups in total. The summed E-state index contributed by atoms with van der Waals surface area (Å²) < 4.78 is 5.14. The van der Waals surface area contributed by atoms with Gasteiger partial charge in [-0.1, -0.05) is 42.5 Å². The number of fused-ring (bicyclic) bond motifs is 1. The Morgan fingerprint density at radius 3 is 2.56 bits per heavy atom. The molecule has 0 bridgehead atoms. The van der Waals surface area contributed by atoms with Gasteiger partial charge in [-0.15, -0.1) is 0 Å². The molecule has 1 fully saturated rings. The number of imide groups is 1. The van der Waals surface area contributed by atoms with Gasteiger partial charge < -0.3 is 20.3 Å². The standard InChI is InChI=1S/C26H28N4O6/c1-15(2)36-26(35)29-22(17-6-4-3-5-7-17)24(33)27-13-16-8-9-19-18(12-16)14-30(25(19)34)20-10-11-21(31)28-23(20)32/h3-9,12,15,20,22H,10-11,13-14H2,1-2H3,(H,27,33)(H,29,35)(H,28,31,32)/t20?,22-/m0/s1. The maximum absolute atomic E-state index is 13.0. The fraction of sp³-hybridized carbons (Fsp3) is 0.346. The van der Waals surface area contributed by atoms with Gasteiger partial charge in [0.1, 0.15) is 12.1 Å². The van der Waals surface area contributed by atoms with Crippen molar-refractivity contribution in [2.45, 2.75) is 58.0 Å². The molecule has 0 radical (unpaired) electrons. The zero-order chi connectivity index (χ0) is 25.8. The highest BCUT2D eigenvalue weighted by atomic mass is 16.6. The second-order valence-electron chi connectivity index (χ2n) is 9.05. The van der Waals surface area contributed by atoms with E-state index in [0.717, 1.165) is 11.1 Å². The average molecular weight is 493 g/mol. The molecule has 4 rings (SSSR count). The molecule has 36 heavy (non-hydrogen) atoms. The summed E-state index contributed by atoms with van der Waals surface area (Å²) in [5.41, 5.74) is 2.61. The van der Waals surface area contributed by atoms with Gasteiger partial charge in [0, 0.05) is 25.1 Å². The minimum absolute atomic E-state index is 0.170. The summed E-state index contributed by atoms with van der Waals surface area (Å²) >= 11 is 0. The minimum atomic E-state index is -0.948. The monoisotopic (exact) mass is 492 g/mol. The van der Waals surface area contributed by atoms with Crippen LogP contribution >= 0.6 is 0 Å². The van der Waals surface area contributed by atoms with Crippen molar-refractivity contribution in [2.75, 3.05) is 0 Å². The van der Waals surface area contributed by atoms with Gasteiger partial charge in [-0.25, -0.2) is 4.79 Å². The van der Waals surface area contributed by atoms with Crippen molar-refractivity contribution in [3.63, 3.8) is 0 Å². The van der Waals surface area contributed by atoms with Crippen LogP contribution in [0.3, 0.4) is 0 Å². The van der Waals surface area contributed by atoms with Gasteiger partial charge in [0.05, 0.1) is 6.10 Å². The second kappa shape index (κ2) is 10.6. The van der Waals surface area contributed by atoms with E-state index in [2.05, 4.69) is 16.0 Å². The van der Waals surface area contributed by atoms with Crippen LogP contribution in [-0.4, -0.2) is 46.8 Å². The Morgan fingerprint density at radius 1 is 1.11 bits per heavy atom. The van der Waals surface area contributed by atoms with Crippen molar-refractivity contribution in [1.29, 1.82) is 0 Å². The second-order valence-corrected chi connectivity index (χ2v) is 9.05. The van der Waals surface area contributed by atoms with E-state index in [1.807, 2.05) is 12.1 Å². The number of carbonyl (C=O) groups is 5. The molecule has 2 atom stereocenters. The topological polar surface area (TPSA) is 134 Å². The van der Waals surface area contributed by atoms with Crippen LogP contribution in [0.4, 0.5) is 4.79 Å². The first kappa shape index (κ1) is 24.9. The third-order valence-electron chi connectivity index (χ3n) is 6.05. The van der Waals surface area contributed by atoms with Gasteiger partial charge in [-0.05, 0) is 43.0 Å². The third kappa shape index (κ3) is 5.54. The number of nitrogens with one attached hydrogen (secondary N) is 3. The summed E-state index contributed by atoms with van der Waals surface area (Å²) in [6.07, 6.45) is -0.549. The van der Waals surface area contributed by atoms with Gasteiger partial charge in [0.2, 0.25) is 17.7 Å². The predicted molar refractivity (Wildman–Crippen MR) is 128 cm³/mol. The molecule has 0 aliphatic carbocycles. The molecule has 0 spiro atoms. The summed E-state index contributed by atoms with van der Waals surface area (Å²) in [6.45, 7) is 3.86. The normalized spacial score (nSPS) is 17.9. The molecule has 2 heterocycles. The average Bonchev–Trinajstić information content (AvgIpc) is 3.16. The number of benzene rings is 2. The van der Waals surface area contributed by atoms with E-state index in [9.17, 15) is 24.0 Å². The van der Waals surface area contributed by atoms with Gasteiger partial charge >= 0.3 is 6.09 Å². The number of alkyl carbamates (subject to hydrolysis) is 1. The van der Waals surface area contributed by atoms with Crippen molar-refractivity contribution >= 4 is 29.7 Å². The number of piperidine rings is 1. The van der Waals surface area contributed by atoms with Gasteiger partial charge in [0.25, 0.3) is 5.91 Å². The number of carbonyl (C=O) groups excluding carboxylic acids is 5.